The highest BCUT2D eigenvalue weighted by molar-refractivity contribution is 5.64. The van der Waals surface area contributed by atoms with Crippen LogP contribution in [-0.2, 0) is 0 Å². The Morgan fingerprint density at radius 2 is 1.94 bits per heavy atom. The summed E-state index contributed by atoms with van der Waals surface area (Å²) in [6, 6.07) is 4.28. The van der Waals surface area contributed by atoms with Crippen molar-refractivity contribution in [3.8, 4) is 0 Å². The molecule has 1 saturated heterocycles. The second-order valence-electron chi connectivity index (χ2n) is 5.52. The maximum Gasteiger partial charge on any atom is 0.327 e. The van der Waals surface area contributed by atoms with Gasteiger partial charge < -0.3 is 4.90 Å². The molecule has 4 nitrogen and oxygen atoms in total. The predicted molar refractivity (Wildman–Crippen MR) is 68.3 cm³/mol. The molecule has 0 aliphatic carbocycles. The van der Waals surface area contributed by atoms with E-state index in [0.29, 0.717) is 5.69 Å². The molecule has 1 fully saturated rings. The van der Waals surface area contributed by atoms with Crippen LogP contribution in [0.25, 0.3) is 0 Å². The number of hydrogen-bond acceptors (Lipinski definition) is 3. The van der Waals surface area contributed by atoms with E-state index in [0.717, 1.165) is 32.0 Å². The van der Waals surface area contributed by atoms with Crippen LogP contribution in [0.1, 0.15) is 26.7 Å². The third-order valence-corrected chi connectivity index (χ3v) is 3.61. The highest BCUT2D eigenvalue weighted by Crippen LogP contribution is 2.36. The molecule has 0 spiro atoms. The zero-order valence-corrected chi connectivity index (χ0v) is 10.6. The van der Waals surface area contributed by atoms with Crippen molar-refractivity contribution in [3.63, 3.8) is 0 Å². The highest BCUT2D eigenvalue weighted by atomic mass is 19.1. The normalized spacial score (nSPS) is 18.7. The van der Waals surface area contributed by atoms with Crippen LogP contribution >= 0.6 is 0 Å². The second-order valence-corrected chi connectivity index (χ2v) is 5.52. The van der Waals surface area contributed by atoms with Gasteiger partial charge in [0.1, 0.15) is 5.69 Å². The maximum absolute atomic E-state index is 13.5. The number of hydrogen-bond donors (Lipinski definition) is 0. The SMILES string of the molecule is CC1(C)CCN(c2cccc(F)c2[N+](=O)[O-])CC1. The number of nitro groups is 1. The topological polar surface area (TPSA) is 46.4 Å². The minimum Gasteiger partial charge on any atom is -0.366 e. The molecule has 0 atom stereocenters. The summed E-state index contributed by atoms with van der Waals surface area (Å²) in [5.74, 6) is -0.762. The zero-order chi connectivity index (χ0) is 13.3. The zero-order valence-electron chi connectivity index (χ0n) is 10.6. The summed E-state index contributed by atoms with van der Waals surface area (Å²) in [6.45, 7) is 5.84. The van der Waals surface area contributed by atoms with Crippen LogP contribution in [0, 0.1) is 21.3 Å². The molecule has 1 aliphatic rings. The van der Waals surface area contributed by atoms with Gasteiger partial charge in [-0.25, -0.2) is 0 Å². The van der Waals surface area contributed by atoms with Gasteiger partial charge in [-0.1, -0.05) is 19.9 Å². The maximum atomic E-state index is 13.5. The molecule has 0 unspecified atom stereocenters. The number of nitrogens with zero attached hydrogens (tertiary/aromatic N) is 2. The Labute approximate surface area is 106 Å². The van der Waals surface area contributed by atoms with Crippen molar-refractivity contribution < 1.29 is 9.31 Å². The van der Waals surface area contributed by atoms with Crippen LogP contribution in [-0.4, -0.2) is 18.0 Å². The molecule has 0 N–H and O–H groups in total. The van der Waals surface area contributed by atoms with Crippen molar-refractivity contribution in [1.82, 2.24) is 0 Å². The van der Waals surface area contributed by atoms with E-state index in [-0.39, 0.29) is 5.41 Å². The molecule has 1 heterocycles. The molecule has 1 aromatic rings. The lowest BCUT2D eigenvalue weighted by molar-refractivity contribution is -0.386. The number of piperidine rings is 1. The lowest BCUT2D eigenvalue weighted by atomic mass is 9.82. The summed E-state index contributed by atoms with van der Waals surface area (Å²) in [4.78, 5) is 12.2. The first-order chi connectivity index (χ1) is 8.41. The Kier molecular flexibility index (Phi) is 3.24. The van der Waals surface area contributed by atoms with Gasteiger partial charge in [0.15, 0.2) is 0 Å². The van der Waals surface area contributed by atoms with E-state index in [4.69, 9.17) is 0 Å². The summed E-state index contributed by atoms with van der Waals surface area (Å²) in [7, 11) is 0. The van der Waals surface area contributed by atoms with E-state index in [1.54, 1.807) is 6.07 Å². The molecular formula is C13H17FN2O2. The van der Waals surface area contributed by atoms with Crippen LogP contribution in [0.3, 0.4) is 0 Å². The van der Waals surface area contributed by atoms with Gasteiger partial charge in [0.05, 0.1) is 4.92 Å². The van der Waals surface area contributed by atoms with Gasteiger partial charge in [-0.2, -0.15) is 4.39 Å². The van der Waals surface area contributed by atoms with Crippen molar-refractivity contribution in [1.29, 1.82) is 0 Å². The number of anilines is 1. The van der Waals surface area contributed by atoms with E-state index in [2.05, 4.69) is 13.8 Å². The Morgan fingerprint density at radius 3 is 2.50 bits per heavy atom. The quantitative estimate of drug-likeness (QED) is 0.599. The molecule has 1 aliphatic heterocycles. The fourth-order valence-corrected chi connectivity index (χ4v) is 2.29. The first-order valence-electron chi connectivity index (χ1n) is 6.08. The second kappa shape index (κ2) is 4.55. The number of para-hydroxylation sites is 1. The van der Waals surface area contributed by atoms with Crippen LogP contribution < -0.4 is 4.90 Å². The fraction of sp³-hybridized carbons (Fsp3) is 0.538. The van der Waals surface area contributed by atoms with Crippen molar-refractivity contribution in [3.05, 3.63) is 34.1 Å². The lowest BCUT2D eigenvalue weighted by Crippen LogP contribution is -2.37. The predicted octanol–water partition coefficient (Wildman–Crippen LogP) is 3.36. The molecule has 18 heavy (non-hydrogen) atoms. The lowest BCUT2D eigenvalue weighted by Gasteiger charge is -2.37. The first-order valence-corrected chi connectivity index (χ1v) is 6.08. The van der Waals surface area contributed by atoms with Crippen LogP contribution in [0.5, 0.6) is 0 Å². The van der Waals surface area contributed by atoms with Crippen molar-refractivity contribution >= 4 is 11.4 Å². The Balaban J connectivity index is 2.30. The number of halogens is 1. The Hall–Kier alpha value is -1.65. The van der Waals surface area contributed by atoms with Gasteiger partial charge in [0.25, 0.3) is 0 Å². The summed E-state index contributed by atoms with van der Waals surface area (Å²) >= 11 is 0. The van der Waals surface area contributed by atoms with Gasteiger partial charge in [0, 0.05) is 13.1 Å². The molecule has 5 heteroatoms. The molecule has 2 rings (SSSR count). The smallest absolute Gasteiger partial charge is 0.327 e. The molecule has 0 radical (unpaired) electrons. The standard InChI is InChI=1S/C13H17FN2O2/c1-13(2)6-8-15(9-7-13)11-5-3-4-10(14)12(11)16(17)18/h3-5H,6-9H2,1-2H3. The van der Waals surface area contributed by atoms with Crippen molar-refractivity contribution in [2.75, 3.05) is 18.0 Å². The van der Waals surface area contributed by atoms with E-state index in [1.807, 2.05) is 4.90 Å². The Morgan fingerprint density at radius 1 is 1.33 bits per heavy atom. The van der Waals surface area contributed by atoms with E-state index in [1.165, 1.54) is 6.07 Å². The fourth-order valence-electron chi connectivity index (χ4n) is 2.29. The number of nitro benzene ring substituents is 1. The van der Waals surface area contributed by atoms with Crippen molar-refractivity contribution in [2.24, 2.45) is 5.41 Å². The largest absolute Gasteiger partial charge is 0.366 e. The molecule has 0 saturated carbocycles. The van der Waals surface area contributed by atoms with Gasteiger partial charge in [-0.15, -0.1) is 0 Å². The van der Waals surface area contributed by atoms with Gasteiger partial charge in [-0.05, 0) is 30.4 Å². The third kappa shape index (κ3) is 2.44. The Bertz CT molecular complexity index is 464. The average molecular weight is 252 g/mol. The molecule has 0 aromatic heterocycles. The minimum absolute atomic E-state index is 0.263. The molecule has 1 aromatic carbocycles. The summed E-state index contributed by atoms with van der Waals surface area (Å²) in [5.41, 5.74) is 0.256. The molecular weight excluding hydrogens is 235 g/mol. The van der Waals surface area contributed by atoms with Gasteiger partial charge in [-0.3, -0.25) is 10.1 Å². The minimum atomic E-state index is -0.762. The molecule has 0 amide bonds. The van der Waals surface area contributed by atoms with Crippen LogP contribution in [0.15, 0.2) is 18.2 Å². The van der Waals surface area contributed by atoms with E-state index >= 15 is 0 Å². The van der Waals surface area contributed by atoms with Crippen molar-refractivity contribution in [2.45, 2.75) is 26.7 Å². The highest BCUT2D eigenvalue weighted by Gasteiger charge is 2.30. The van der Waals surface area contributed by atoms with Gasteiger partial charge >= 0.3 is 5.69 Å². The number of rotatable bonds is 2. The number of benzene rings is 1. The molecule has 0 bridgehead atoms. The van der Waals surface area contributed by atoms with E-state index < -0.39 is 16.4 Å². The average Bonchev–Trinajstić information content (AvgIpc) is 2.28. The summed E-state index contributed by atoms with van der Waals surface area (Å²) < 4.78 is 13.5. The van der Waals surface area contributed by atoms with Gasteiger partial charge in [0.2, 0.25) is 5.82 Å². The monoisotopic (exact) mass is 252 g/mol. The molecule has 98 valence electrons. The van der Waals surface area contributed by atoms with Crippen LogP contribution in [0.2, 0.25) is 0 Å². The van der Waals surface area contributed by atoms with E-state index in [9.17, 15) is 14.5 Å². The third-order valence-electron chi connectivity index (χ3n) is 3.61. The summed E-state index contributed by atoms with van der Waals surface area (Å²) in [5, 5.41) is 11.0. The summed E-state index contributed by atoms with van der Waals surface area (Å²) in [6.07, 6.45) is 1.92. The first kappa shape index (κ1) is 12.8. The van der Waals surface area contributed by atoms with Crippen LogP contribution in [0.4, 0.5) is 15.8 Å².